The minimum absolute atomic E-state index is 0.281. The van der Waals surface area contributed by atoms with E-state index in [1.807, 2.05) is 39.8 Å². The molecule has 2 aromatic heterocycles. The van der Waals surface area contributed by atoms with E-state index in [1.165, 1.54) is 22.2 Å². The van der Waals surface area contributed by atoms with Crippen molar-refractivity contribution < 1.29 is 9.59 Å². The van der Waals surface area contributed by atoms with Crippen LogP contribution in [-0.4, -0.2) is 21.5 Å². The summed E-state index contributed by atoms with van der Waals surface area (Å²) >= 11 is 1.45. The van der Waals surface area contributed by atoms with Gasteiger partial charge in [0, 0.05) is 10.6 Å². The monoisotopic (exact) mass is 384 g/mol. The zero-order valence-electron chi connectivity index (χ0n) is 15.5. The van der Waals surface area contributed by atoms with E-state index >= 15 is 0 Å². The van der Waals surface area contributed by atoms with Crippen LogP contribution in [0.15, 0.2) is 29.3 Å². The average Bonchev–Trinajstić information content (AvgIpc) is 2.88. The summed E-state index contributed by atoms with van der Waals surface area (Å²) in [5.41, 5.74) is 3.18. The molecule has 2 heterocycles. The van der Waals surface area contributed by atoms with Gasteiger partial charge in [0.2, 0.25) is 5.91 Å². The molecule has 3 rings (SSSR count). The summed E-state index contributed by atoms with van der Waals surface area (Å²) in [5.74, 6) is -0.592. The van der Waals surface area contributed by atoms with Crippen molar-refractivity contribution in [3.8, 4) is 0 Å². The molecule has 0 spiro atoms. The predicted octanol–water partition coefficient (Wildman–Crippen LogP) is 3.04. The minimum Gasteiger partial charge on any atom is -0.307 e. The van der Waals surface area contributed by atoms with Gasteiger partial charge < -0.3 is 5.32 Å². The maximum atomic E-state index is 12.6. The van der Waals surface area contributed by atoms with Crippen molar-refractivity contribution in [2.24, 2.45) is 0 Å². The summed E-state index contributed by atoms with van der Waals surface area (Å²) in [6, 6.07) is 4.94. The Morgan fingerprint density at radius 3 is 2.63 bits per heavy atom. The number of imide groups is 1. The number of nitrogens with zero attached hydrogens (tertiary/aromatic N) is 2. The van der Waals surface area contributed by atoms with Gasteiger partial charge in [-0.1, -0.05) is 17.7 Å². The van der Waals surface area contributed by atoms with Gasteiger partial charge in [0.05, 0.1) is 11.7 Å². The zero-order chi connectivity index (χ0) is 19.7. The normalized spacial score (nSPS) is 10.8. The fraction of sp³-hybridized carbons (Fsp3) is 0.263. The second-order valence-corrected chi connectivity index (χ2v) is 7.66. The third-order valence-electron chi connectivity index (χ3n) is 4.35. The summed E-state index contributed by atoms with van der Waals surface area (Å²) in [6.07, 6.45) is 1.33. The Morgan fingerprint density at radius 2 is 1.93 bits per heavy atom. The number of aryl methyl sites for hydroxylation is 4. The molecule has 0 aliphatic rings. The number of hydrogen-bond donors (Lipinski definition) is 2. The Morgan fingerprint density at radius 1 is 1.19 bits per heavy atom. The zero-order valence-corrected chi connectivity index (χ0v) is 16.4. The maximum absolute atomic E-state index is 12.6. The van der Waals surface area contributed by atoms with Gasteiger partial charge in [-0.3, -0.25) is 19.5 Å². The van der Waals surface area contributed by atoms with Crippen LogP contribution in [0, 0.1) is 27.7 Å². The summed E-state index contributed by atoms with van der Waals surface area (Å²) in [7, 11) is 0. The summed E-state index contributed by atoms with van der Waals surface area (Å²) < 4.78 is 1.21. The smallest absolute Gasteiger partial charge is 0.307 e. The summed E-state index contributed by atoms with van der Waals surface area (Å²) in [4.78, 5) is 42.7. The molecule has 27 heavy (non-hydrogen) atoms. The molecule has 0 aliphatic heterocycles. The molecule has 0 bridgehead atoms. The Bertz CT molecular complexity index is 1110. The quantitative estimate of drug-likeness (QED) is 0.726. The molecule has 7 nitrogen and oxygen atoms in total. The highest BCUT2D eigenvalue weighted by molar-refractivity contribution is 7.18. The maximum Gasteiger partial charge on any atom is 0.325 e. The van der Waals surface area contributed by atoms with E-state index < -0.39 is 11.9 Å². The lowest BCUT2D eigenvalue weighted by Gasteiger charge is -2.10. The number of amides is 3. The third-order valence-corrected chi connectivity index (χ3v) is 5.47. The van der Waals surface area contributed by atoms with Crippen LogP contribution in [0.2, 0.25) is 0 Å². The van der Waals surface area contributed by atoms with Gasteiger partial charge >= 0.3 is 6.03 Å². The number of rotatable bonds is 3. The highest BCUT2D eigenvalue weighted by atomic mass is 32.1. The topological polar surface area (TPSA) is 93.1 Å². The molecule has 3 amide bonds. The van der Waals surface area contributed by atoms with E-state index in [9.17, 15) is 14.4 Å². The van der Waals surface area contributed by atoms with Gasteiger partial charge in [0.1, 0.15) is 11.4 Å². The molecule has 0 unspecified atom stereocenters. The first kappa shape index (κ1) is 18.8. The first-order valence-corrected chi connectivity index (χ1v) is 9.21. The lowest BCUT2D eigenvalue weighted by atomic mass is 10.1. The Hall–Kier alpha value is -3.00. The first-order chi connectivity index (χ1) is 12.8. The molecule has 0 fully saturated rings. The molecule has 0 aliphatic carbocycles. The van der Waals surface area contributed by atoms with Gasteiger partial charge in [-0.15, -0.1) is 11.3 Å². The molecular formula is C19H20N4O3S. The van der Waals surface area contributed by atoms with E-state index in [0.717, 1.165) is 21.6 Å². The van der Waals surface area contributed by atoms with Gasteiger partial charge in [0.15, 0.2) is 0 Å². The van der Waals surface area contributed by atoms with Crippen molar-refractivity contribution in [2.45, 2.75) is 34.2 Å². The Labute approximate surface area is 160 Å². The van der Waals surface area contributed by atoms with E-state index in [2.05, 4.69) is 15.6 Å². The number of nitrogens with one attached hydrogen (secondary N) is 2. The summed E-state index contributed by atoms with van der Waals surface area (Å²) in [5, 5.41) is 5.40. The van der Waals surface area contributed by atoms with Crippen LogP contribution in [0.4, 0.5) is 10.5 Å². The first-order valence-electron chi connectivity index (χ1n) is 8.39. The van der Waals surface area contributed by atoms with Gasteiger partial charge in [-0.2, -0.15) is 0 Å². The fourth-order valence-corrected chi connectivity index (χ4v) is 3.80. The average molecular weight is 384 g/mol. The van der Waals surface area contributed by atoms with Crippen LogP contribution >= 0.6 is 11.3 Å². The second-order valence-electron chi connectivity index (χ2n) is 6.46. The molecule has 0 saturated carbocycles. The van der Waals surface area contributed by atoms with Crippen LogP contribution in [0.25, 0.3) is 10.2 Å². The van der Waals surface area contributed by atoms with Crippen LogP contribution < -0.4 is 16.2 Å². The van der Waals surface area contributed by atoms with E-state index in [0.29, 0.717) is 15.9 Å². The predicted molar refractivity (Wildman–Crippen MR) is 106 cm³/mol. The van der Waals surface area contributed by atoms with E-state index in [4.69, 9.17) is 0 Å². The number of aromatic nitrogens is 2. The molecular weight excluding hydrogens is 364 g/mol. The number of fused-ring (bicyclic) bond motifs is 1. The van der Waals surface area contributed by atoms with Crippen molar-refractivity contribution in [3.05, 3.63) is 56.4 Å². The van der Waals surface area contributed by atoms with Crippen molar-refractivity contribution in [1.29, 1.82) is 0 Å². The highest BCUT2D eigenvalue weighted by Crippen LogP contribution is 2.25. The Kier molecular flexibility index (Phi) is 5.09. The Balaban J connectivity index is 1.71. The molecule has 0 saturated heterocycles. The van der Waals surface area contributed by atoms with Gasteiger partial charge in [-0.25, -0.2) is 9.78 Å². The number of carbonyl (C=O) groups excluding carboxylic acids is 2. The lowest BCUT2D eigenvalue weighted by Crippen LogP contribution is -2.38. The molecule has 2 N–H and O–H groups in total. The molecule has 8 heteroatoms. The number of hydrogen-bond acceptors (Lipinski definition) is 5. The third kappa shape index (κ3) is 3.90. The second kappa shape index (κ2) is 7.32. The number of thiophene rings is 1. The van der Waals surface area contributed by atoms with Gasteiger partial charge in [-0.05, 0) is 44.9 Å². The number of anilines is 1. The lowest BCUT2D eigenvalue weighted by molar-refractivity contribution is -0.120. The van der Waals surface area contributed by atoms with Gasteiger partial charge in [0.25, 0.3) is 5.56 Å². The van der Waals surface area contributed by atoms with E-state index in [-0.39, 0.29) is 12.1 Å². The molecule has 140 valence electrons. The molecule has 0 atom stereocenters. The molecule has 1 aromatic carbocycles. The van der Waals surface area contributed by atoms with Crippen molar-refractivity contribution in [2.75, 3.05) is 5.32 Å². The largest absolute Gasteiger partial charge is 0.325 e. The number of carbonyl (C=O) groups is 2. The van der Waals surface area contributed by atoms with Crippen LogP contribution in [-0.2, 0) is 11.3 Å². The van der Waals surface area contributed by atoms with Crippen LogP contribution in [0.3, 0.4) is 0 Å². The fourth-order valence-electron chi connectivity index (χ4n) is 2.81. The standard InChI is InChI=1S/C19H20N4O3S/c1-10-5-6-14(11(2)7-10)21-19(26)22-15(24)8-23-9-20-17-16(18(23)25)12(3)13(4)27-17/h5-7,9H,8H2,1-4H3,(H2,21,22,24,26). The molecule has 0 radical (unpaired) electrons. The van der Waals surface area contributed by atoms with E-state index in [1.54, 1.807) is 6.07 Å². The summed E-state index contributed by atoms with van der Waals surface area (Å²) in [6.45, 7) is 7.33. The van der Waals surface area contributed by atoms with Crippen LogP contribution in [0.1, 0.15) is 21.6 Å². The van der Waals surface area contributed by atoms with Crippen LogP contribution in [0.5, 0.6) is 0 Å². The van der Waals surface area contributed by atoms with Crippen molar-refractivity contribution in [1.82, 2.24) is 14.9 Å². The molecule has 3 aromatic rings. The minimum atomic E-state index is -0.642. The van der Waals surface area contributed by atoms with Crippen molar-refractivity contribution >= 4 is 39.2 Å². The highest BCUT2D eigenvalue weighted by Gasteiger charge is 2.15. The number of benzene rings is 1. The number of urea groups is 1. The SMILES string of the molecule is Cc1ccc(NC(=O)NC(=O)Cn2cnc3sc(C)c(C)c3c2=O)c(C)c1. The van der Waals surface area contributed by atoms with Crippen molar-refractivity contribution in [3.63, 3.8) is 0 Å².